The van der Waals surface area contributed by atoms with Crippen LogP contribution in [0.15, 0.2) is 0 Å². The monoisotopic (exact) mass is 647 g/mol. The van der Waals surface area contributed by atoms with E-state index in [0.29, 0.717) is 28.7 Å². The van der Waals surface area contributed by atoms with E-state index in [1.165, 1.54) is 32.6 Å². The number of aliphatic hydroxyl groups is 2. The van der Waals surface area contributed by atoms with Gasteiger partial charge >= 0.3 is 5.97 Å². The Labute approximate surface area is 276 Å². The number of morpholine rings is 1. The van der Waals surface area contributed by atoms with E-state index < -0.39 is 29.9 Å². The van der Waals surface area contributed by atoms with E-state index in [0.717, 1.165) is 65.0 Å². The van der Waals surface area contributed by atoms with Crippen molar-refractivity contribution >= 4 is 5.97 Å². The summed E-state index contributed by atoms with van der Waals surface area (Å²) in [4.78, 5) is 14.5. The second-order valence-corrected chi connectivity index (χ2v) is 18.2. The maximum Gasteiger partial charge on any atom is 0.303 e. The minimum atomic E-state index is -1.23. The molecular weight excluding hydrogens is 586 g/mol. The van der Waals surface area contributed by atoms with E-state index in [1.807, 2.05) is 0 Å². The molecule has 9 nitrogen and oxygen atoms in total. The van der Waals surface area contributed by atoms with Gasteiger partial charge in [0.05, 0.1) is 62.4 Å². The van der Waals surface area contributed by atoms with E-state index in [-0.39, 0.29) is 42.6 Å². The zero-order chi connectivity index (χ0) is 32.4. The van der Waals surface area contributed by atoms with Crippen molar-refractivity contribution in [2.24, 2.45) is 45.3 Å². The number of hydrogen-bond acceptors (Lipinski definition) is 9. The molecule has 8 rings (SSSR count). The topological polar surface area (TPSA) is 107 Å². The maximum atomic E-state index is 12.2. The molecule has 0 radical (unpaired) electrons. The highest BCUT2D eigenvalue weighted by molar-refractivity contribution is 5.66. The summed E-state index contributed by atoms with van der Waals surface area (Å²) in [5.41, 5.74) is -0.456. The molecule has 0 amide bonds. The van der Waals surface area contributed by atoms with Gasteiger partial charge in [-0.3, -0.25) is 9.69 Å². The lowest BCUT2D eigenvalue weighted by molar-refractivity contribution is -0.254. The zero-order valence-corrected chi connectivity index (χ0v) is 29.0. The van der Waals surface area contributed by atoms with Gasteiger partial charge in [-0.2, -0.15) is 0 Å². The molecule has 2 N–H and O–H groups in total. The van der Waals surface area contributed by atoms with Crippen LogP contribution in [0.2, 0.25) is 0 Å². The van der Waals surface area contributed by atoms with Crippen molar-refractivity contribution < 1.29 is 40.1 Å². The predicted molar refractivity (Wildman–Crippen MR) is 172 cm³/mol. The number of fused-ring (bicyclic) bond motifs is 4. The van der Waals surface area contributed by atoms with Gasteiger partial charge in [0.15, 0.2) is 12.4 Å². The van der Waals surface area contributed by atoms with Crippen molar-refractivity contribution in [1.29, 1.82) is 0 Å². The van der Waals surface area contributed by atoms with Crippen LogP contribution in [0, 0.1) is 45.3 Å². The third-order valence-corrected chi connectivity index (χ3v) is 15.4. The molecule has 0 bridgehead atoms. The third kappa shape index (κ3) is 4.61. The lowest BCUT2D eigenvalue weighted by Gasteiger charge is -2.60. The molecule has 0 aromatic rings. The highest BCUT2D eigenvalue weighted by Crippen LogP contribution is 2.87. The molecule has 5 saturated carbocycles. The van der Waals surface area contributed by atoms with Gasteiger partial charge < -0.3 is 33.9 Å². The fourth-order valence-electron chi connectivity index (χ4n) is 13.3. The van der Waals surface area contributed by atoms with Crippen LogP contribution >= 0.6 is 0 Å². The van der Waals surface area contributed by atoms with Crippen molar-refractivity contribution in [3.05, 3.63) is 0 Å². The Hall–Kier alpha value is -0.810. The highest BCUT2D eigenvalue weighted by Gasteiger charge is 2.81. The van der Waals surface area contributed by atoms with Crippen LogP contribution in [0.5, 0.6) is 0 Å². The van der Waals surface area contributed by atoms with Crippen LogP contribution in [0.4, 0.5) is 0 Å². The Morgan fingerprint density at radius 1 is 1.02 bits per heavy atom. The van der Waals surface area contributed by atoms with Gasteiger partial charge in [0, 0.05) is 14.9 Å². The molecule has 3 heterocycles. The summed E-state index contributed by atoms with van der Waals surface area (Å²) in [6.07, 6.45) is 8.07. The van der Waals surface area contributed by atoms with Gasteiger partial charge in [-0.05, 0) is 117 Å². The van der Waals surface area contributed by atoms with E-state index in [2.05, 4.69) is 25.7 Å². The standard InChI is InChI=1S/C37H59NO8.H2/c1-21(39)44-32(34(4,5)41)25-9-7-24-31(45-25)30(40)29-23-8-10-26-33(2,3)27(46-28-17-38(15-16-43-28)22-18-42-19-22)11-12-37(26)20-36(23,37)14-13-35(24,29)6;/h22-32,40-41H,7-20H2,1-6H3;1H/t23?,24?,25?,26?,27-,28?,29?,30-,31?,32-,35?,36-,37?;/m0./s1. The van der Waals surface area contributed by atoms with Crippen LogP contribution in [-0.4, -0.2) is 102 Å². The zero-order valence-electron chi connectivity index (χ0n) is 29.0. The van der Waals surface area contributed by atoms with Crippen molar-refractivity contribution in [3.8, 4) is 0 Å². The quantitative estimate of drug-likeness (QED) is 0.402. The smallest absolute Gasteiger partial charge is 0.303 e. The van der Waals surface area contributed by atoms with Crippen molar-refractivity contribution in [2.75, 3.05) is 32.9 Å². The lowest BCUT2D eigenvalue weighted by Crippen LogP contribution is -2.58. The molecule has 8 aliphatic rings. The number of nitrogens with zero attached hydrogens (tertiary/aromatic N) is 1. The van der Waals surface area contributed by atoms with Crippen LogP contribution in [0.1, 0.15) is 101 Å². The molecule has 3 saturated heterocycles. The summed E-state index contributed by atoms with van der Waals surface area (Å²) < 4.78 is 30.9. The fourth-order valence-corrected chi connectivity index (χ4v) is 13.3. The number of carbonyl (C=O) groups excluding carboxylic acids is 1. The lowest BCUT2D eigenvalue weighted by atomic mass is 9.46. The molecule has 8 fully saturated rings. The van der Waals surface area contributed by atoms with Gasteiger partial charge in [0.25, 0.3) is 0 Å². The molecule has 5 aliphatic carbocycles. The van der Waals surface area contributed by atoms with E-state index >= 15 is 0 Å². The molecule has 0 aromatic carbocycles. The normalized spacial score (nSPS) is 50.6. The van der Waals surface area contributed by atoms with Crippen molar-refractivity contribution in [2.45, 2.75) is 148 Å². The second-order valence-electron chi connectivity index (χ2n) is 18.2. The summed E-state index contributed by atoms with van der Waals surface area (Å²) in [6, 6.07) is 0.513. The summed E-state index contributed by atoms with van der Waals surface area (Å²) in [5, 5.41) is 23.1. The summed E-state index contributed by atoms with van der Waals surface area (Å²) in [7, 11) is 0. The predicted octanol–water partition coefficient (Wildman–Crippen LogP) is 4.55. The Morgan fingerprint density at radius 3 is 2.48 bits per heavy atom. The first-order chi connectivity index (χ1) is 21.7. The first-order valence-corrected chi connectivity index (χ1v) is 18.5. The third-order valence-electron chi connectivity index (χ3n) is 15.4. The number of esters is 1. The minimum Gasteiger partial charge on any atom is -0.457 e. The number of carbonyl (C=O) groups is 1. The second kappa shape index (κ2) is 10.8. The highest BCUT2D eigenvalue weighted by atomic mass is 16.7. The minimum absolute atomic E-state index is 0. The molecule has 262 valence electrons. The molecule has 3 aliphatic heterocycles. The Morgan fingerprint density at radius 2 is 1.78 bits per heavy atom. The Balaban J connectivity index is 0.00000351. The van der Waals surface area contributed by atoms with Crippen molar-refractivity contribution in [1.82, 2.24) is 4.90 Å². The number of rotatable bonds is 6. The summed E-state index contributed by atoms with van der Waals surface area (Å²) >= 11 is 0. The van der Waals surface area contributed by atoms with Gasteiger partial charge in [-0.15, -0.1) is 0 Å². The molecular formula is C37H61NO8. The van der Waals surface area contributed by atoms with Crippen LogP contribution < -0.4 is 0 Å². The largest absolute Gasteiger partial charge is 0.457 e. The fraction of sp³-hybridized carbons (Fsp3) is 0.973. The first-order valence-electron chi connectivity index (χ1n) is 18.5. The molecule has 2 spiro atoms. The number of aliphatic hydroxyl groups excluding tert-OH is 1. The molecule has 46 heavy (non-hydrogen) atoms. The molecule has 9 unspecified atom stereocenters. The van der Waals surface area contributed by atoms with E-state index in [1.54, 1.807) is 13.8 Å². The van der Waals surface area contributed by atoms with Crippen LogP contribution in [0.25, 0.3) is 0 Å². The SMILES string of the molecule is CC(=O)O[C@@H](C1CCC2C(O1)[C@@H](O)C1C3CCC4C(C)(C)[C@@H](OC5CN(C6COC6)CCO5)CCC45C[C@@]35CCC21C)C(C)(C)O.[HH]. The van der Waals surface area contributed by atoms with Gasteiger partial charge in [-0.25, -0.2) is 0 Å². The Bertz CT molecular complexity index is 1210. The van der Waals surface area contributed by atoms with E-state index in [4.69, 9.17) is 23.7 Å². The number of ether oxygens (including phenoxy) is 5. The maximum absolute atomic E-state index is 12.2. The summed E-state index contributed by atoms with van der Waals surface area (Å²) in [5.74, 6) is 1.23. The van der Waals surface area contributed by atoms with Gasteiger partial charge in [0.2, 0.25) is 0 Å². The number of hydrogen-bond donors (Lipinski definition) is 2. The van der Waals surface area contributed by atoms with E-state index in [9.17, 15) is 15.0 Å². The average molecular weight is 648 g/mol. The van der Waals surface area contributed by atoms with Crippen LogP contribution in [0.3, 0.4) is 0 Å². The van der Waals surface area contributed by atoms with Gasteiger partial charge in [-0.1, -0.05) is 20.8 Å². The van der Waals surface area contributed by atoms with Gasteiger partial charge in [0.1, 0.15) is 0 Å². The van der Waals surface area contributed by atoms with Crippen molar-refractivity contribution in [3.63, 3.8) is 0 Å². The molecule has 13 atom stereocenters. The molecule has 0 aromatic heterocycles. The Kier molecular flexibility index (Phi) is 7.64. The summed E-state index contributed by atoms with van der Waals surface area (Å²) in [6.45, 7) is 16.3. The van der Waals surface area contributed by atoms with Crippen LogP contribution in [-0.2, 0) is 28.5 Å². The molecule has 9 heteroatoms. The average Bonchev–Trinajstić information content (AvgIpc) is 3.57. The first kappa shape index (κ1) is 32.4.